The molecule has 0 saturated carbocycles. The van der Waals surface area contributed by atoms with Gasteiger partial charge >= 0.3 is 6.18 Å². The molecule has 1 N–H and O–H groups in total. The van der Waals surface area contributed by atoms with E-state index in [1.54, 1.807) is 0 Å². The van der Waals surface area contributed by atoms with Crippen molar-refractivity contribution < 1.29 is 13.2 Å². The van der Waals surface area contributed by atoms with Crippen molar-refractivity contribution >= 4 is 0 Å². The van der Waals surface area contributed by atoms with Crippen LogP contribution in [0, 0.1) is 0 Å². The molecule has 0 atom stereocenters. The first-order chi connectivity index (χ1) is 2.56. The fourth-order valence-corrected chi connectivity index (χ4v) is 0. The van der Waals surface area contributed by atoms with Crippen LogP contribution in [0.25, 0.3) is 0 Å². The highest BCUT2D eigenvalue weighted by atomic mass is 19.4. The van der Waals surface area contributed by atoms with Crippen molar-refractivity contribution in [1.82, 2.24) is 5.73 Å². The van der Waals surface area contributed by atoms with Crippen LogP contribution in [-0.4, -0.2) is 12.7 Å². The van der Waals surface area contributed by atoms with Gasteiger partial charge in [-0.05, 0) is 0 Å². The van der Waals surface area contributed by atoms with Crippen molar-refractivity contribution in [3.63, 3.8) is 0 Å². The average molecular weight is 98.0 g/mol. The van der Waals surface area contributed by atoms with Crippen LogP contribution in [0.15, 0.2) is 0 Å². The molecular formula is C2H3F3N. The van der Waals surface area contributed by atoms with Gasteiger partial charge in [-0.15, -0.1) is 0 Å². The first-order valence-corrected chi connectivity index (χ1v) is 1.27. The number of rotatable bonds is 0. The van der Waals surface area contributed by atoms with E-state index in [1.165, 1.54) is 0 Å². The van der Waals surface area contributed by atoms with Gasteiger partial charge in [0.05, 0.1) is 0 Å². The molecule has 0 aromatic rings. The Morgan fingerprint density at radius 3 is 1.50 bits per heavy atom. The molecule has 0 saturated heterocycles. The van der Waals surface area contributed by atoms with E-state index >= 15 is 0 Å². The summed E-state index contributed by atoms with van der Waals surface area (Å²) in [5, 5.41) is 0. The molecule has 37 valence electrons. The van der Waals surface area contributed by atoms with E-state index in [9.17, 15) is 13.2 Å². The van der Waals surface area contributed by atoms with Gasteiger partial charge in [0, 0.05) is 0 Å². The lowest BCUT2D eigenvalue weighted by Gasteiger charge is -1.95. The predicted molar refractivity (Wildman–Crippen MR) is 14.0 cm³/mol. The van der Waals surface area contributed by atoms with Gasteiger partial charge in [-0.3, -0.25) is 0 Å². The molecule has 1 nitrogen and oxygen atoms in total. The number of alkyl halides is 3. The van der Waals surface area contributed by atoms with Gasteiger partial charge in [-0.2, -0.15) is 13.2 Å². The summed E-state index contributed by atoms with van der Waals surface area (Å²) in [6.45, 7) is -1.48. The molecule has 0 unspecified atom stereocenters. The zero-order chi connectivity index (χ0) is 5.21. The van der Waals surface area contributed by atoms with Crippen LogP contribution in [0.4, 0.5) is 13.2 Å². The van der Waals surface area contributed by atoms with Crippen LogP contribution in [0.3, 0.4) is 0 Å². The Kier molecular flexibility index (Phi) is 1.40. The van der Waals surface area contributed by atoms with Crippen LogP contribution in [0.2, 0.25) is 0 Å². The quantitative estimate of drug-likeness (QED) is 0.428. The molecule has 0 spiro atoms. The summed E-state index contributed by atoms with van der Waals surface area (Å²) in [6, 6.07) is 0. The van der Waals surface area contributed by atoms with E-state index in [0.29, 0.717) is 0 Å². The molecule has 1 radical (unpaired) electrons. The second-order valence-corrected chi connectivity index (χ2v) is 0.792. The number of halogens is 3. The van der Waals surface area contributed by atoms with E-state index in [0.717, 1.165) is 0 Å². The maximum Gasteiger partial charge on any atom is 0.402 e. The van der Waals surface area contributed by atoms with E-state index < -0.39 is 12.7 Å². The summed E-state index contributed by atoms with van der Waals surface area (Å²) in [5.74, 6) is 0. The molecule has 0 heterocycles. The third-order valence-electron chi connectivity index (χ3n) is 0.200. The van der Waals surface area contributed by atoms with E-state index in [2.05, 4.69) is 0 Å². The first kappa shape index (κ1) is 5.75. The second kappa shape index (κ2) is 1.47. The van der Waals surface area contributed by atoms with Crippen molar-refractivity contribution in [1.29, 1.82) is 0 Å². The molecule has 0 bridgehead atoms. The lowest BCUT2D eigenvalue weighted by Crippen LogP contribution is -2.13. The molecule has 0 amide bonds. The van der Waals surface area contributed by atoms with Crippen molar-refractivity contribution in [3.8, 4) is 0 Å². The highest BCUT2D eigenvalue weighted by Gasteiger charge is 2.23. The highest BCUT2D eigenvalue weighted by Crippen LogP contribution is 2.10. The van der Waals surface area contributed by atoms with Crippen molar-refractivity contribution in [2.75, 3.05) is 6.54 Å². The molecule has 4 heteroatoms. The summed E-state index contributed by atoms with van der Waals surface area (Å²) >= 11 is 0. The van der Waals surface area contributed by atoms with Gasteiger partial charge in [0.15, 0.2) is 0 Å². The summed E-state index contributed by atoms with van der Waals surface area (Å²) in [6.07, 6.45) is -4.29. The zero-order valence-electron chi connectivity index (χ0n) is 2.84. The van der Waals surface area contributed by atoms with E-state index in [-0.39, 0.29) is 0 Å². The lowest BCUT2D eigenvalue weighted by atomic mass is 10.7. The molecule has 0 rings (SSSR count). The number of hydrogen-bond acceptors (Lipinski definition) is 0. The van der Waals surface area contributed by atoms with E-state index in [1.807, 2.05) is 0 Å². The van der Waals surface area contributed by atoms with E-state index in [4.69, 9.17) is 5.73 Å². The topological polar surface area (TPSA) is 23.8 Å². The smallest absolute Gasteiger partial charge is 0.248 e. The van der Waals surface area contributed by atoms with Gasteiger partial charge in [0.25, 0.3) is 0 Å². The Balaban J connectivity index is 3.17. The molecule has 0 aliphatic heterocycles. The molecular weight excluding hydrogens is 95.0 g/mol. The summed E-state index contributed by atoms with van der Waals surface area (Å²) in [4.78, 5) is 0. The fourth-order valence-electron chi connectivity index (χ4n) is 0. The Morgan fingerprint density at radius 1 is 1.33 bits per heavy atom. The molecule has 6 heavy (non-hydrogen) atoms. The van der Waals surface area contributed by atoms with Crippen molar-refractivity contribution in [2.24, 2.45) is 0 Å². The van der Waals surface area contributed by atoms with Crippen LogP contribution >= 0.6 is 0 Å². The Labute approximate surface area is 32.9 Å². The Morgan fingerprint density at radius 2 is 1.50 bits per heavy atom. The monoisotopic (exact) mass is 98.0 g/mol. The minimum atomic E-state index is -4.29. The minimum absolute atomic E-state index is 1.48. The van der Waals surface area contributed by atoms with Crippen LogP contribution < -0.4 is 5.73 Å². The van der Waals surface area contributed by atoms with Crippen molar-refractivity contribution in [2.45, 2.75) is 6.18 Å². The van der Waals surface area contributed by atoms with Gasteiger partial charge in [-0.1, -0.05) is 0 Å². The minimum Gasteiger partial charge on any atom is -0.248 e. The SMILES string of the molecule is [NH]CC(F)(F)F. The largest absolute Gasteiger partial charge is 0.402 e. The maximum absolute atomic E-state index is 10.6. The number of hydrogen-bond donors (Lipinski definition) is 0. The summed E-state index contributed by atoms with van der Waals surface area (Å²) in [7, 11) is 0. The van der Waals surface area contributed by atoms with Crippen LogP contribution in [-0.2, 0) is 0 Å². The molecule has 0 aromatic heterocycles. The third-order valence-corrected chi connectivity index (χ3v) is 0.200. The van der Waals surface area contributed by atoms with Gasteiger partial charge in [0.2, 0.25) is 0 Å². The van der Waals surface area contributed by atoms with Crippen LogP contribution in [0.5, 0.6) is 0 Å². The van der Waals surface area contributed by atoms with Gasteiger partial charge < -0.3 is 0 Å². The standard InChI is InChI=1S/C2H3F3N/c3-2(4,5)1-6/h6H,1H2. The normalized spacial score (nSPS) is 12.0. The van der Waals surface area contributed by atoms with Gasteiger partial charge in [-0.25, -0.2) is 5.73 Å². The lowest BCUT2D eigenvalue weighted by molar-refractivity contribution is -0.119. The highest BCUT2D eigenvalue weighted by molar-refractivity contribution is 4.44. The third kappa shape index (κ3) is 3.75. The zero-order valence-corrected chi connectivity index (χ0v) is 2.84. The summed E-state index contributed by atoms with van der Waals surface area (Å²) < 4.78 is 31.8. The molecule has 0 aromatic carbocycles. The Bertz CT molecular complexity index is 38.5. The first-order valence-electron chi connectivity index (χ1n) is 1.27. The second-order valence-electron chi connectivity index (χ2n) is 0.792. The Hall–Kier alpha value is -0.250. The fraction of sp³-hybridized carbons (Fsp3) is 1.00. The molecule has 0 aliphatic carbocycles. The van der Waals surface area contributed by atoms with Crippen LogP contribution in [0.1, 0.15) is 0 Å². The number of nitrogens with one attached hydrogen (secondary N) is 1. The molecule has 0 fully saturated rings. The van der Waals surface area contributed by atoms with Crippen molar-refractivity contribution in [3.05, 3.63) is 0 Å². The maximum atomic E-state index is 10.6. The summed E-state index contributed by atoms with van der Waals surface area (Å²) in [5.41, 5.74) is 5.73. The van der Waals surface area contributed by atoms with Gasteiger partial charge in [0.1, 0.15) is 6.54 Å². The molecule has 0 aliphatic rings. The predicted octanol–water partition coefficient (Wildman–Crippen LogP) is 0.832. The average Bonchev–Trinajstić information content (AvgIpc) is 1.35.